The fourth-order valence-corrected chi connectivity index (χ4v) is 2.86. The monoisotopic (exact) mass is 356 g/mol. The molecular weight excluding hydrogens is 324 g/mol. The van der Waals surface area contributed by atoms with E-state index in [4.69, 9.17) is 10.5 Å². The molecule has 0 aliphatic heterocycles. The summed E-state index contributed by atoms with van der Waals surface area (Å²) in [5, 5.41) is 2.67. The average molecular weight is 356 g/mol. The zero-order chi connectivity index (χ0) is 18.9. The molecule has 8 nitrogen and oxygen atoms in total. The minimum Gasteiger partial charge on any atom is -0.444 e. The maximum atomic E-state index is 12.4. The fourth-order valence-electron chi connectivity index (χ4n) is 2.86. The Morgan fingerprint density at radius 1 is 1.16 bits per heavy atom. The Hall–Kier alpha value is -1.83. The smallest absolute Gasteiger partial charge is 0.408 e. The number of carbonyl (C=O) groups is 3. The molecule has 1 rings (SSSR count). The molecule has 0 spiro atoms. The lowest BCUT2D eigenvalue weighted by atomic mass is 9.84. The van der Waals surface area contributed by atoms with Gasteiger partial charge in [0.25, 0.3) is 5.91 Å². The highest BCUT2D eigenvalue weighted by atomic mass is 16.6. The first kappa shape index (κ1) is 21.2. The Kier molecular flexibility index (Phi) is 8.68. The van der Waals surface area contributed by atoms with Crippen molar-refractivity contribution in [3.63, 3.8) is 0 Å². The van der Waals surface area contributed by atoms with Crippen molar-refractivity contribution in [3.8, 4) is 0 Å². The van der Waals surface area contributed by atoms with Crippen molar-refractivity contribution < 1.29 is 19.1 Å². The molecule has 0 saturated heterocycles. The minimum absolute atomic E-state index is 0.118. The third kappa shape index (κ3) is 9.91. The van der Waals surface area contributed by atoms with Gasteiger partial charge < -0.3 is 15.8 Å². The van der Waals surface area contributed by atoms with Gasteiger partial charge in [-0.05, 0) is 33.1 Å². The Labute approximate surface area is 149 Å². The molecule has 0 aromatic rings. The molecule has 1 saturated carbocycles. The summed E-state index contributed by atoms with van der Waals surface area (Å²) in [7, 11) is 0. The second-order valence-corrected chi connectivity index (χ2v) is 7.57. The molecule has 3 amide bonds. The van der Waals surface area contributed by atoms with E-state index < -0.39 is 23.6 Å². The predicted octanol–water partition coefficient (Wildman–Crippen LogP) is 1.35. The number of ether oxygens (including phenoxy) is 1. The van der Waals surface area contributed by atoms with Crippen LogP contribution in [0.1, 0.15) is 65.7 Å². The van der Waals surface area contributed by atoms with E-state index in [0.717, 1.165) is 25.7 Å². The Bertz CT molecular complexity index is 456. The molecule has 0 bridgehead atoms. The molecule has 1 atom stereocenters. The molecular formula is C17H32N4O4. The highest BCUT2D eigenvalue weighted by Gasteiger charge is 2.27. The summed E-state index contributed by atoms with van der Waals surface area (Å²) in [6, 6.07) is -0.681. The van der Waals surface area contributed by atoms with Crippen molar-refractivity contribution in [2.75, 3.05) is 6.54 Å². The summed E-state index contributed by atoms with van der Waals surface area (Å²) in [5.41, 5.74) is 9.62. The van der Waals surface area contributed by atoms with Crippen LogP contribution in [0.2, 0.25) is 0 Å². The average Bonchev–Trinajstić information content (AvgIpc) is 2.49. The van der Waals surface area contributed by atoms with Gasteiger partial charge in [0.1, 0.15) is 11.6 Å². The number of hydrazine groups is 1. The van der Waals surface area contributed by atoms with Crippen LogP contribution in [0.15, 0.2) is 0 Å². The molecule has 25 heavy (non-hydrogen) atoms. The zero-order valence-electron chi connectivity index (χ0n) is 15.5. The first-order chi connectivity index (χ1) is 11.7. The maximum Gasteiger partial charge on any atom is 0.408 e. The van der Waals surface area contributed by atoms with Crippen LogP contribution in [-0.2, 0) is 14.3 Å². The highest BCUT2D eigenvalue weighted by molar-refractivity contribution is 5.85. The quantitative estimate of drug-likeness (QED) is 0.386. The Morgan fingerprint density at radius 3 is 2.36 bits per heavy atom. The number of primary amides is 1. The molecule has 1 aliphatic carbocycles. The molecule has 1 fully saturated rings. The first-order valence-electron chi connectivity index (χ1n) is 8.98. The van der Waals surface area contributed by atoms with Crippen molar-refractivity contribution >= 4 is 17.9 Å². The second-order valence-electron chi connectivity index (χ2n) is 7.57. The number of alkyl carbamates (subject to hydrolysis) is 1. The van der Waals surface area contributed by atoms with E-state index >= 15 is 0 Å². The fraction of sp³-hybridized carbons (Fsp3) is 0.824. The van der Waals surface area contributed by atoms with E-state index in [2.05, 4.69) is 16.2 Å². The molecule has 5 N–H and O–H groups in total. The van der Waals surface area contributed by atoms with Crippen LogP contribution in [0.5, 0.6) is 0 Å². The third-order valence-corrected chi connectivity index (χ3v) is 4.01. The number of hydrogen-bond donors (Lipinski definition) is 4. The van der Waals surface area contributed by atoms with E-state index in [9.17, 15) is 14.4 Å². The number of carbonyl (C=O) groups excluding carboxylic acids is 3. The van der Waals surface area contributed by atoms with E-state index in [1.165, 1.54) is 6.42 Å². The summed E-state index contributed by atoms with van der Waals surface area (Å²) in [5.74, 6) is -0.390. The van der Waals surface area contributed by atoms with Gasteiger partial charge in [0.05, 0.1) is 0 Å². The van der Waals surface area contributed by atoms with Crippen molar-refractivity contribution in [1.82, 2.24) is 16.2 Å². The minimum atomic E-state index is -0.681. The number of amides is 3. The van der Waals surface area contributed by atoms with Crippen molar-refractivity contribution in [2.24, 2.45) is 11.7 Å². The van der Waals surface area contributed by atoms with Gasteiger partial charge in [-0.25, -0.2) is 10.2 Å². The molecule has 0 aromatic heterocycles. The van der Waals surface area contributed by atoms with Crippen molar-refractivity contribution in [2.45, 2.75) is 77.4 Å². The lowest BCUT2D eigenvalue weighted by Crippen LogP contribution is -2.52. The van der Waals surface area contributed by atoms with E-state index in [1.54, 1.807) is 20.8 Å². The number of rotatable bonds is 8. The largest absolute Gasteiger partial charge is 0.444 e. The normalized spacial score (nSPS) is 16.8. The van der Waals surface area contributed by atoms with E-state index in [0.29, 0.717) is 12.3 Å². The molecule has 1 aliphatic rings. The molecule has 0 radical (unpaired) electrons. The second kappa shape index (κ2) is 10.2. The molecule has 0 heterocycles. The maximum absolute atomic E-state index is 12.4. The van der Waals surface area contributed by atoms with Gasteiger partial charge in [0, 0.05) is 13.0 Å². The standard InChI is InChI=1S/C17H32N4O4/c1-17(2,3)25-16(24)20-13(11-12-7-5-4-6-8-12)15(23)21-19-10-9-14(18)22/h12-13,19H,4-11H2,1-3H3,(H2,18,22)(H,20,24)(H,21,23). The van der Waals surface area contributed by atoms with Gasteiger partial charge in [-0.2, -0.15) is 0 Å². The number of nitrogens with one attached hydrogen (secondary N) is 3. The topological polar surface area (TPSA) is 123 Å². The Balaban J connectivity index is 2.57. The zero-order valence-corrected chi connectivity index (χ0v) is 15.5. The van der Waals surface area contributed by atoms with Crippen molar-refractivity contribution in [3.05, 3.63) is 0 Å². The summed E-state index contributed by atoms with van der Waals surface area (Å²) in [6.45, 7) is 5.56. The molecule has 0 aromatic carbocycles. The SMILES string of the molecule is CC(C)(C)OC(=O)NC(CC1CCCCC1)C(=O)NNCCC(N)=O. The van der Waals surface area contributed by atoms with Crippen LogP contribution < -0.4 is 21.9 Å². The van der Waals surface area contributed by atoms with Crippen LogP contribution in [0, 0.1) is 5.92 Å². The lowest BCUT2D eigenvalue weighted by molar-refractivity contribution is -0.125. The summed E-state index contributed by atoms with van der Waals surface area (Å²) in [6.07, 6.45) is 5.74. The van der Waals surface area contributed by atoms with Gasteiger partial charge >= 0.3 is 6.09 Å². The first-order valence-corrected chi connectivity index (χ1v) is 8.98. The summed E-state index contributed by atoms with van der Waals surface area (Å²) >= 11 is 0. The van der Waals surface area contributed by atoms with Crippen molar-refractivity contribution in [1.29, 1.82) is 0 Å². The van der Waals surface area contributed by atoms with Crippen LogP contribution in [-0.4, -0.2) is 36.1 Å². The Morgan fingerprint density at radius 2 is 1.80 bits per heavy atom. The number of nitrogens with two attached hydrogens (primary N) is 1. The summed E-state index contributed by atoms with van der Waals surface area (Å²) in [4.78, 5) is 35.2. The molecule has 144 valence electrons. The van der Waals surface area contributed by atoms with E-state index in [1.807, 2.05) is 0 Å². The van der Waals surface area contributed by atoms with Gasteiger partial charge in [0.2, 0.25) is 5.91 Å². The van der Waals surface area contributed by atoms with Gasteiger partial charge in [-0.3, -0.25) is 15.0 Å². The highest BCUT2D eigenvalue weighted by Crippen LogP contribution is 2.27. The van der Waals surface area contributed by atoms with Gasteiger partial charge in [0.15, 0.2) is 0 Å². The molecule has 1 unspecified atom stereocenters. The lowest BCUT2D eigenvalue weighted by Gasteiger charge is -2.27. The third-order valence-electron chi connectivity index (χ3n) is 4.01. The molecule has 8 heteroatoms. The van der Waals surface area contributed by atoms with Crippen LogP contribution in [0.4, 0.5) is 4.79 Å². The predicted molar refractivity (Wildman–Crippen MR) is 94.3 cm³/mol. The van der Waals surface area contributed by atoms with Crippen LogP contribution in [0.25, 0.3) is 0 Å². The number of hydrogen-bond acceptors (Lipinski definition) is 5. The van der Waals surface area contributed by atoms with Crippen LogP contribution >= 0.6 is 0 Å². The van der Waals surface area contributed by atoms with Gasteiger partial charge in [-0.1, -0.05) is 32.1 Å². The van der Waals surface area contributed by atoms with Crippen LogP contribution in [0.3, 0.4) is 0 Å². The summed E-state index contributed by atoms with van der Waals surface area (Å²) < 4.78 is 5.25. The van der Waals surface area contributed by atoms with E-state index in [-0.39, 0.29) is 18.9 Å². The van der Waals surface area contributed by atoms with Gasteiger partial charge in [-0.15, -0.1) is 0 Å².